The van der Waals surface area contributed by atoms with Crippen LogP contribution in [0.2, 0.25) is 0 Å². The summed E-state index contributed by atoms with van der Waals surface area (Å²) >= 11 is 0. The molecule has 1 amide bonds. The molecule has 1 fully saturated rings. The number of hydrogen-bond donors (Lipinski definition) is 1. The van der Waals surface area contributed by atoms with Gasteiger partial charge in [-0.2, -0.15) is 15.0 Å². The van der Waals surface area contributed by atoms with Crippen molar-refractivity contribution in [3.63, 3.8) is 0 Å². The number of carbonyl (C=O) groups is 1. The summed E-state index contributed by atoms with van der Waals surface area (Å²) in [5.74, 6) is 1.45. The summed E-state index contributed by atoms with van der Waals surface area (Å²) in [6.07, 6.45) is 4.91. The van der Waals surface area contributed by atoms with Crippen LogP contribution < -0.4 is 5.32 Å². The Labute approximate surface area is 189 Å². The Kier molecular flexibility index (Phi) is 5.01. The molecule has 4 aromatic rings. The standard InChI is InChI=1S/C23H22N8O2/c1-13(2)28-20-6-22(31-23-16(9-27-31)4-15(7-24)8-26-23)25-10-18(20)21-5-19(29-33-21)17-11-30(12-17)14(3)32/h4-6,8-10,13,17H,11-12H2,1-3H3,(H,25,28). The molecule has 0 unspecified atom stereocenters. The van der Waals surface area contributed by atoms with E-state index in [4.69, 9.17) is 9.78 Å². The number of pyridine rings is 2. The summed E-state index contributed by atoms with van der Waals surface area (Å²) in [7, 11) is 0. The molecule has 1 aliphatic heterocycles. The number of amides is 1. The summed E-state index contributed by atoms with van der Waals surface area (Å²) in [5.41, 5.74) is 3.54. The molecule has 0 spiro atoms. The van der Waals surface area contributed by atoms with Crippen molar-refractivity contribution in [2.45, 2.75) is 32.7 Å². The molecule has 0 atom stereocenters. The fourth-order valence-electron chi connectivity index (χ4n) is 3.87. The van der Waals surface area contributed by atoms with E-state index in [1.807, 2.05) is 12.1 Å². The van der Waals surface area contributed by atoms with Crippen LogP contribution >= 0.6 is 0 Å². The largest absolute Gasteiger partial charge is 0.382 e. The third-order valence-corrected chi connectivity index (χ3v) is 5.63. The molecule has 0 aliphatic carbocycles. The summed E-state index contributed by atoms with van der Waals surface area (Å²) < 4.78 is 7.29. The molecular formula is C23H22N8O2. The molecule has 1 aliphatic rings. The minimum Gasteiger partial charge on any atom is -0.382 e. The third-order valence-electron chi connectivity index (χ3n) is 5.63. The zero-order chi connectivity index (χ0) is 23.1. The van der Waals surface area contributed by atoms with Gasteiger partial charge in [-0.3, -0.25) is 4.79 Å². The highest BCUT2D eigenvalue weighted by Gasteiger charge is 2.32. The number of nitriles is 1. The van der Waals surface area contributed by atoms with Gasteiger partial charge in [0.1, 0.15) is 6.07 Å². The second-order valence-corrected chi connectivity index (χ2v) is 8.43. The first kappa shape index (κ1) is 20.6. The maximum atomic E-state index is 11.5. The van der Waals surface area contributed by atoms with E-state index in [0.717, 1.165) is 22.3 Å². The average molecular weight is 442 g/mol. The highest BCUT2D eigenvalue weighted by atomic mass is 16.5. The minimum absolute atomic E-state index is 0.0719. The summed E-state index contributed by atoms with van der Waals surface area (Å²) in [6.45, 7) is 6.98. The Morgan fingerprint density at radius 3 is 2.76 bits per heavy atom. The molecule has 33 heavy (non-hydrogen) atoms. The van der Waals surface area contributed by atoms with Gasteiger partial charge in [0.05, 0.1) is 28.7 Å². The van der Waals surface area contributed by atoms with Gasteiger partial charge in [-0.25, -0.2) is 9.97 Å². The van der Waals surface area contributed by atoms with Gasteiger partial charge in [-0.05, 0) is 19.9 Å². The van der Waals surface area contributed by atoms with Gasteiger partial charge in [-0.1, -0.05) is 5.16 Å². The fraction of sp³-hybridized carbons (Fsp3) is 0.304. The second-order valence-electron chi connectivity index (χ2n) is 8.43. The maximum Gasteiger partial charge on any atom is 0.219 e. The van der Waals surface area contributed by atoms with Gasteiger partial charge in [0.2, 0.25) is 5.91 Å². The lowest BCUT2D eigenvalue weighted by Gasteiger charge is -2.37. The van der Waals surface area contributed by atoms with Gasteiger partial charge in [-0.15, -0.1) is 0 Å². The third kappa shape index (κ3) is 3.78. The van der Waals surface area contributed by atoms with E-state index in [9.17, 15) is 4.79 Å². The molecule has 0 radical (unpaired) electrons. The lowest BCUT2D eigenvalue weighted by atomic mass is 9.96. The molecule has 5 rings (SSSR count). The molecule has 166 valence electrons. The Balaban J connectivity index is 1.49. The molecule has 4 aromatic heterocycles. The molecular weight excluding hydrogens is 420 g/mol. The summed E-state index contributed by atoms with van der Waals surface area (Å²) in [4.78, 5) is 22.2. The summed E-state index contributed by atoms with van der Waals surface area (Å²) in [5, 5.41) is 22.0. The highest BCUT2D eigenvalue weighted by molar-refractivity contribution is 5.79. The average Bonchev–Trinajstić information content (AvgIpc) is 3.39. The molecule has 5 heterocycles. The van der Waals surface area contributed by atoms with Crippen molar-refractivity contribution in [1.82, 2.24) is 29.8 Å². The number of likely N-dealkylation sites (tertiary alicyclic amines) is 1. The van der Waals surface area contributed by atoms with Crippen LogP contribution in [0.25, 0.3) is 28.2 Å². The molecule has 1 saturated heterocycles. The van der Waals surface area contributed by atoms with Crippen LogP contribution in [0.15, 0.2) is 41.3 Å². The highest BCUT2D eigenvalue weighted by Crippen LogP contribution is 2.34. The van der Waals surface area contributed by atoms with Crippen molar-refractivity contribution in [1.29, 1.82) is 5.26 Å². The Hall–Kier alpha value is -4.26. The SMILES string of the molecule is CC(=O)N1CC(c2cc(-c3cnc(-n4ncc5cc(C#N)cnc54)cc3NC(C)C)on2)C1. The maximum absolute atomic E-state index is 11.5. The van der Waals surface area contributed by atoms with Crippen LogP contribution in [0.4, 0.5) is 5.69 Å². The number of anilines is 1. The lowest BCUT2D eigenvalue weighted by molar-refractivity contribution is -0.133. The fourth-order valence-corrected chi connectivity index (χ4v) is 3.87. The molecule has 0 bridgehead atoms. The lowest BCUT2D eigenvalue weighted by Crippen LogP contribution is -2.47. The van der Waals surface area contributed by atoms with E-state index in [-0.39, 0.29) is 17.9 Å². The molecule has 10 heteroatoms. The van der Waals surface area contributed by atoms with E-state index >= 15 is 0 Å². The van der Waals surface area contributed by atoms with Crippen LogP contribution in [0.5, 0.6) is 0 Å². The predicted molar refractivity (Wildman–Crippen MR) is 121 cm³/mol. The number of carbonyl (C=O) groups excluding carboxylic acids is 1. The van der Waals surface area contributed by atoms with Gasteiger partial charge in [0.15, 0.2) is 17.2 Å². The van der Waals surface area contributed by atoms with Crippen molar-refractivity contribution >= 4 is 22.6 Å². The van der Waals surface area contributed by atoms with Crippen LogP contribution in [0.3, 0.4) is 0 Å². The first-order valence-electron chi connectivity index (χ1n) is 10.7. The molecule has 0 saturated carbocycles. The number of fused-ring (bicyclic) bond motifs is 1. The molecule has 1 N–H and O–H groups in total. The van der Waals surface area contributed by atoms with Crippen molar-refractivity contribution < 1.29 is 9.32 Å². The zero-order valence-corrected chi connectivity index (χ0v) is 18.5. The number of nitrogens with one attached hydrogen (secondary N) is 1. The number of rotatable bonds is 5. The van der Waals surface area contributed by atoms with E-state index in [0.29, 0.717) is 35.9 Å². The van der Waals surface area contributed by atoms with Gasteiger partial charge in [0.25, 0.3) is 0 Å². The Morgan fingerprint density at radius 2 is 2.03 bits per heavy atom. The summed E-state index contributed by atoms with van der Waals surface area (Å²) in [6, 6.07) is 7.82. The van der Waals surface area contributed by atoms with Gasteiger partial charge >= 0.3 is 0 Å². The van der Waals surface area contributed by atoms with Crippen molar-refractivity contribution in [2.24, 2.45) is 0 Å². The minimum atomic E-state index is 0.0719. The number of nitrogens with zero attached hydrogens (tertiary/aromatic N) is 7. The van der Waals surface area contributed by atoms with Crippen molar-refractivity contribution in [3.05, 3.63) is 48.0 Å². The van der Waals surface area contributed by atoms with Crippen LogP contribution in [0.1, 0.15) is 37.9 Å². The van der Waals surface area contributed by atoms with E-state index in [1.165, 1.54) is 6.20 Å². The van der Waals surface area contributed by atoms with Crippen LogP contribution in [-0.2, 0) is 4.79 Å². The molecule has 0 aromatic carbocycles. The van der Waals surface area contributed by atoms with Crippen molar-refractivity contribution in [2.75, 3.05) is 18.4 Å². The number of aromatic nitrogens is 5. The number of hydrogen-bond acceptors (Lipinski definition) is 8. The Bertz CT molecular complexity index is 1390. The van der Waals surface area contributed by atoms with Crippen LogP contribution in [-0.4, -0.2) is 54.8 Å². The van der Waals surface area contributed by atoms with Crippen LogP contribution in [0, 0.1) is 11.3 Å². The smallest absolute Gasteiger partial charge is 0.219 e. The quantitative estimate of drug-likeness (QED) is 0.500. The normalized spacial score (nSPS) is 13.8. The first-order valence-corrected chi connectivity index (χ1v) is 10.7. The van der Waals surface area contributed by atoms with E-state index < -0.39 is 0 Å². The monoisotopic (exact) mass is 442 g/mol. The first-order chi connectivity index (χ1) is 15.9. The topological polar surface area (TPSA) is 126 Å². The van der Waals surface area contributed by atoms with E-state index in [1.54, 1.807) is 35.0 Å². The predicted octanol–water partition coefficient (Wildman–Crippen LogP) is 3.11. The van der Waals surface area contributed by atoms with Gasteiger partial charge in [0, 0.05) is 61.9 Å². The second kappa shape index (κ2) is 8.02. The van der Waals surface area contributed by atoms with Crippen molar-refractivity contribution in [3.8, 4) is 23.2 Å². The van der Waals surface area contributed by atoms with Gasteiger partial charge < -0.3 is 14.7 Å². The Morgan fingerprint density at radius 1 is 1.21 bits per heavy atom. The van der Waals surface area contributed by atoms with E-state index in [2.05, 4.69) is 45.5 Å². The zero-order valence-electron chi connectivity index (χ0n) is 18.5. The molecule has 10 nitrogen and oxygen atoms in total.